The fraction of sp³-hybridized carbons (Fsp3) is 0.600. The predicted octanol–water partition coefficient (Wildman–Crippen LogP) is 4.35. The summed E-state index contributed by atoms with van der Waals surface area (Å²) in [4.78, 5) is 0. The van der Waals surface area contributed by atoms with Crippen molar-refractivity contribution in [2.45, 2.75) is 44.4 Å². The van der Waals surface area contributed by atoms with Crippen molar-refractivity contribution in [3.63, 3.8) is 0 Å². The van der Waals surface area contributed by atoms with E-state index in [4.69, 9.17) is 17.3 Å². The van der Waals surface area contributed by atoms with E-state index >= 15 is 0 Å². The second-order valence-electron chi connectivity index (χ2n) is 5.20. The van der Waals surface area contributed by atoms with Crippen LogP contribution in [0.25, 0.3) is 0 Å². The lowest BCUT2D eigenvalue weighted by atomic mass is 9.77. The first-order chi connectivity index (χ1) is 8.29. The van der Waals surface area contributed by atoms with E-state index in [0.717, 1.165) is 23.4 Å². The smallest absolute Gasteiger partial charge is 0.0408 e. The third-order valence-electron chi connectivity index (χ3n) is 3.98. The lowest BCUT2D eigenvalue weighted by Crippen LogP contribution is -2.14. The molecule has 17 heavy (non-hydrogen) atoms. The van der Waals surface area contributed by atoms with Crippen LogP contribution in [0.1, 0.15) is 50.0 Å². The molecule has 94 valence electrons. The van der Waals surface area contributed by atoms with Crippen LogP contribution in [0.4, 0.5) is 0 Å². The normalized spacial score (nSPS) is 24.8. The van der Waals surface area contributed by atoms with Crippen LogP contribution in [-0.2, 0) is 0 Å². The van der Waals surface area contributed by atoms with E-state index in [1.54, 1.807) is 0 Å². The molecule has 1 fully saturated rings. The van der Waals surface area contributed by atoms with Gasteiger partial charge in [0.1, 0.15) is 0 Å². The summed E-state index contributed by atoms with van der Waals surface area (Å²) in [5, 5.41) is 0.868. The molecule has 0 spiro atoms. The van der Waals surface area contributed by atoms with E-state index in [1.165, 1.54) is 44.1 Å². The number of halogens is 1. The molecule has 1 aromatic carbocycles. The highest BCUT2D eigenvalue weighted by Crippen LogP contribution is 2.37. The van der Waals surface area contributed by atoms with Gasteiger partial charge >= 0.3 is 0 Å². The summed E-state index contributed by atoms with van der Waals surface area (Å²) >= 11 is 6.05. The average molecular weight is 252 g/mol. The molecule has 2 rings (SSSR count). The van der Waals surface area contributed by atoms with Crippen LogP contribution in [0, 0.1) is 5.92 Å². The second kappa shape index (κ2) is 6.42. The molecule has 2 heteroatoms. The summed E-state index contributed by atoms with van der Waals surface area (Å²) in [7, 11) is 0. The number of benzene rings is 1. The first-order valence-electron chi connectivity index (χ1n) is 6.75. The van der Waals surface area contributed by atoms with Gasteiger partial charge in [-0.1, -0.05) is 23.7 Å². The molecule has 1 saturated carbocycles. The molecule has 0 aromatic heterocycles. The summed E-state index contributed by atoms with van der Waals surface area (Å²) in [6, 6.07) is 8.37. The van der Waals surface area contributed by atoms with Gasteiger partial charge in [0, 0.05) is 5.02 Å². The molecule has 2 N–H and O–H groups in total. The van der Waals surface area contributed by atoms with Crippen LogP contribution in [0.15, 0.2) is 24.3 Å². The first-order valence-corrected chi connectivity index (χ1v) is 7.13. The number of hydrogen-bond donors (Lipinski definition) is 1. The van der Waals surface area contributed by atoms with Crippen molar-refractivity contribution < 1.29 is 0 Å². The average Bonchev–Trinajstić information content (AvgIpc) is 2.37. The molecular weight excluding hydrogens is 230 g/mol. The van der Waals surface area contributed by atoms with Crippen molar-refractivity contribution in [3.8, 4) is 0 Å². The van der Waals surface area contributed by atoms with Gasteiger partial charge in [-0.05, 0) is 74.6 Å². The Labute approximate surface area is 109 Å². The quantitative estimate of drug-likeness (QED) is 0.846. The first kappa shape index (κ1) is 12.9. The van der Waals surface area contributed by atoms with Crippen molar-refractivity contribution in [2.75, 3.05) is 6.54 Å². The Morgan fingerprint density at radius 3 is 2.59 bits per heavy atom. The molecule has 0 amide bonds. The SMILES string of the molecule is NCCCC1CCC(c2cccc(Cl)c2)CC1. The maximum atomic E-state index is 6.05. The molecule has 0 saturated heterocycles. The van der Waals surface area contributed by atoms with Gasteiger partial charge in [0.15, 0.2) is 0 Å². The monoisotopic (exact) mass is 251 g/mol. The largest absolute Gasteiger partial charge is 0.330 e. The highest BCUT2D eigenvalue weighted by molar-refractivity contribution is 6.30. The molecule has 0 radical (unpaired) electrons. The molecular formula is C15H22ClN. The summed E-state index contributed by atoms with van der Waals surface area (Å²) < 4.78 is 0. The lowest BCUT2D eigenvalue weighted by molar-refractivity contribution is 0.306. The minimum atomic E-state index is 0.725. The Hall–Kier alpha value is -0.530. The van der Waals surface area contributed by atoms with Crippen LogP contribution in [0.2, 0.25) is 5.02 Å². The van der Waals surface area contributed by atoms with Gasteiger partial charge in [-0.2, -0.15) is 0 Å². The Bertz CT molecular complexity index is 343. The van der Waals surface area contributed by atoms with E-state index in [0.29, 0.717) is 0 Å². The summed E-state index contributed by atoms with van der Waals surface area (Å²) in [5.74, 6) is 1.64. The Balaban J connectivity index is 1.86. The maximum absolute atomic E-state index is 6.05. The third kappa shape index (κ3) is 3.72. The number of rotatable bonds is 4. The fourth-order valence-electron chi connectivity index (χ4n) is 2.95. The van der Waals surface area contributed by atoms with Crippen molar-refractivity contribution >= 4 is 11.6 Å². The molecule has 0 aliphatic heterocycles. The summed E-state index contributed by atoms with van der Waals surface area (Å²) in [6.07, 6.45) is 7.85. The zero-order valence-electron chi connectivity index (χ0n) is 10.4. The zero-order chi connectivity index (χ0) is 12.1. The lowest BCUT2D eigenvalue weighted by Gasteiger charge is -2.28. The molecule has 1 aliphatic carbocycles. The van der Waals surface area contributed by atoms with Gasteiger partial charge in [-0.3, -0.25) is 0 Å². The second-order valence-corrected chi connectivity index (χ2v) is 5.64. The van der Waals surface area contributed by atoms with Crippen molar-refractivity contribution in [2.24, 2.45) is 11.7 Å². The minimum absolute atomic E-state index is 0.725. The van der Waals surface area contributed by atoms with Crippen molar-refractivity contribution in [3.05, 3.63) is 34.9 Å². The molecule has 0 unspecified atom stereocenters. The molecule has 1 aliphatic rings. The van der Waals surface area contributed by atoms with Gasteiger partial charge in [-0.15, -0.1) is 0 Å². The van der Waals surface area contributed by atoms with Crippen LogP contribution in [0.3, 0.4) is 0 Å². The highest BCUT2D eigenvalue weighted by Gasteiger charge is 2.21. The zero-order valence-corrected chi connectivity index (χ0v) is 11.1. The third-order valence-corrected chi connectivity index (χ3v) is 4.22. The Morgan fingerprint density at radius 1 is 1.18 bits per heavy atom. The van der Waals surface area contributed by atoms with E-state index in [9.17, 15) is 0 Å². The fourth-order valence-corrected chi connectivity index (χ4v) is 3.15. The van der Waals surface area contributed by atoms with E-state index in [1.807, 2.05) is 6.07 Å². The highest BCUT2D eigenvalue weighted by atomic mass is 35.5. The standard InChI is InChI=1S/C15H22ClN/c16-15-5-1-4-14(11-15)13-8-6-12(7-9-13)3-2-10-17/h1,4-5,11-13H,2-3,6-10,17H2. The number of hydrogen-bond acceptors (Lipinski definition) is 1. The molecule has 1 aromatic rings. The topological polar surface area (TPSA) is 26.0 Å². The van der Waals surface area contributed by atoms with Crippen molar-refractivity contribution in [1.29, 1.82) is 0 Å². The van der Waals surface area contributed by atoms with E-state index in [2.05, 4.69) is 18.2 Å². The van der Waals surface area contributed by atoms with Crippen molar-refractivity contribution in [1.82, 2.24) is 0 Å². The number of nitrogens with two attached hydrogens (primary N) is 1. The molecule has 1 nitrogen and oxygen atoms in total. The Kier molecular flexibility index (Phi) is 4.87. The van der Waals surface area contributed by atoms with E-state index < -0.39 is 0 Å². The Morgan fingerprint density at radius 2 is 1.94 bits per heavy atom. The molecule has 0 bridgehead atoms. The van der Waals surface area contributed by atoms with Crippen LogP contribution >= 0.6 is 11.6 Å². The van der Waals surface area contributed by atoms with Gasteiger partial charge in [0.05, 0.1) is 0 Å². The maximum Gasteiger partial charge on any atom is 0.0408 e. The van der Waals surface area contributed by atoms with Crippen LogP contribution in [0.5, 0.6) is 0 Å². The van der Waals surface area contributed by atoms with Gasteiger partial charge in [-0.25, -0.2) is 0 Å². The molecule has 0 heterocycles. The van der Waals surface area contributed by atoms with E-state index in [-0.39, 0.29) is 0 Å². The summed E-state index contributed by atoms with van der Waals surface area (Å²) in [6.45, 7) is 0.841. The molecule has 0 atom stereocenters. The minimum Gasteiger partial charge on any atom is -0.330 e. The predicted molar refractivity (Wildman–Crippen MR) is 74.4 cm³/mol. The van der Waals surface area contributed by atoms with Gasteiger partial charge in [0.25, 0.3) is 0 Å². The van der Waals surface area contributed by atoms with Crippen LogP contribution < -0.4 is 5.73 Å². The summed E-state index contributed by atoms with van der Waals surface area (Å²) in [5.41, 5.74) is 6.99. The van der Waals surface area contributed by atoms with Gasteiger partial charge < -0.3 is 5.73 Å². The van der Waals surface area contributed by atoms with Crippen LogP contribution in [-0.4, -0.2) is 6.54 Å². The van der Waals surface area contributed by atoms with Gasteiger partial charge in [0.2, 0.25) is 0 Å².